The smallest absolute Gasteiger partial charge is 0.410 e. The van der Waals surface area contributed by atoms with Gasteiger partial charge in [0.1, 0.15) is 12.4 Å². The van der Waals surface area contributed by atoms with Gasteiger partial charge in [-0.3, -0.25) is 4.79 Å². The van der Waals surface area contributed by atoms with Crippen LogP contribution in [0.5, 0.6) is 0 Å². The van der Waals surface area contributed by atoms with Gasteiger partial charge in [-0.25, -0.2) is 4.79 Å². The molecule has 118 valence electrons. The average Bonchev–Trinajstić information content (AvgIpc) is 2.61. The molecule has 4 nitrogen and oxygen atoms in total. The third-order valence-corrected chi connectivity index (χ3v) is 4.05. The highest BCUT2D eigenvalue weighted by molar-refractivity contribution is 5.82. The van der Waals surface area contributed by atoms with E-state index in [2.05, 4.69) is 0 Å². The van der Waals surface area contributed by atoms with Crippen LogP contribution >= 0.6 is 0 Å². The topological polar surface area (TPSA) is 46.6 Å². The average molecular weight is 309 g/mol. The Balaban J connectivity index is 1.70. The number of ketones is 1. The molecular weight excluding hydrogens is 290 g/mol. The van der Waals surface area contributed by atoms with Crippen molar-refractivity contribution in [2.75, 3.05) is 6.54 Å². The molecular formula is C19H19NO3. The van der Waals surface area contributed by atoms with Crippen molar-refractivity contribution in [1.82, 2.24) is 4.90 Å². The van der Waals surface area contributed by atoms with E-state index in [9.17, 15) is 9.59 Å². The molecule has 1 atom stereocenters. The van der Waals surface area contributed by atoms with Crippen LogP contribution in [0, 0.1) is 0 Å². The van der Waals surface area contributed by atoms with E-state index in [4.69, 9.17) is 4.74 Å². The third-order valence-electron chi connectivity index (χ3n) is 4.05. The van der Waals surface area contributed by atoms with Crippen molar-refractivity contribution in [3.63, 3.8) is 0 Å². The minimum absolute atomic E-state index is 0.186. The second-order valence-electron chi connectivity index (χ2n) is 5.65. The van der Waals surface area contributed by atoms with Gasteiger partial charge >= 0.3 is 6.09 Å². The molecule has 0 saturated carbocycles. The van der Waals surface area contributed by atoms with Crippen LogP contribution in [0.4, 0.5) is 4.79 Å². The summed E-state index contributed by atoms with van der Waals surface area (Å²) in [5.74, 6) is 0.186. The molecule has 4 heteroatoms. The molecule has 0 spiro atoms. The van der Waals surface area contributed by atoms with Crippen molar-refractivity contribution in [2.24, 2.45) is 0 Å². The van der Waals surface area contributed by atoms with Crippen molar-refractivity contribution in [1.29, 1.82) is 0 Å². The number of benzene rings is 2. The van der Waals surface area contributed by atoms with E-state index in [1.165, 1.54) is 0 Å². The number of likely N-dealkylation sites (tertiary alicyclic amines) is 1. The lowest BCUT2D eigenvalue weighted by molar-refractivity contribution is -0.122. The van der Waals surface area contributed by atoms with E-state index in [0.29, 0.717) is 19.4 Å². The Morgan fingerprint density at radius 3 is 2.39 bits per heavy atom. The number of hydrogen-bond donors (Lipinski definition) is 0. The van der Waals surface area contributed by atoms with Crippen LogP contribution in [-0.4, -0.2) is 23.3 Å². The highest BCUT2D eigenvalue weighted by Crippen LogP contribution is 2.29. The highest BCUT2D eigenvalue weighted by Gasteiger charge is 2.32. The van der Waals surface area contributed by atoms with Gasteiger partial charge < -0.3 is 9.64 Å². The number of carbonyl (C=O) groups excluding carboxylic acids is 2. The molecule has 0 aromatic heterocycles. The van der Waals surface area contributed by atoms with Crippen LogP contribution in [0.3, 0.4) is 0 Å². The van der Waals surface area contributed by atoms with Crippen LogP contribution in [0.15, 0.2) is 60.7 Å². The first-order valence-electron chi connectivity index (χ1n) is 7.78. The molecule has 0 aliphatic carbocycles. The van der Waals surface area contributed by atoms with Crippen LogP contribution in [-0.2, 0) is 16.1 Å². The fourth-order valence-corrected chi connectivity index (χ4v) is 2.82. The van der Waals surface area contributed by atoms with Gasteiger partial charge in [-0.2, -0.15) is 0 Å². The molecule has 23 heavy (non-hydrogen) atoms. The van der Waals surface area contributed by atoms with E-state index < -0.39 is 0 Å². The molecule has 0 radical (unpaired) electrons. The zero-order valence-corrected chi connectivity index (χ0v) is 12.9. The quantitative estimate of drug-likeness (QED) is 0.868. The molecule has 1 heterocycles. The summed E-state index contributed by atoms with van der Waals surface area (Å²) in [6.45, 7) is 0.650. The Hall–Kier alpha value is -2.62. The molecule has 2 aromatic carbocycles. The fraction of sp³-hybridized carbons (Fsp3) is 0.263. The normalized spacial score (nSPS) is 17.8. The lowest BCUT2D eigenvalue weighted by Gasteiger charge is -2.34. The zero-order chi connectivity index (χ0) is 16.1. The van der Waals surface area contributed by atoms with Gasteiger partial charge in [0, 0.05) is 19.4 Å². The maximum absolute atomic E-state index is 12.5. The molecule has 1 aliphatic rings. The second kappa shape index (κ2) is 7.09. The number of carbonyl (C=O) groups is 2. The molecule has 2 aromatic rings. The van der Waals surface area contributed by atoms with Crippen LogP contribution < -0.4 is 0 Å². The van der Waals surface area contributed by atoms with Gasteiger partial charge in [0.25, 0.3) is 0 Å². The monoisotopic (exact) mass is 309 g/mol. The number of hydrogen-bond acceptors (Lipinski definition) is 3. The summed E-state index contributed by atoms with van der Waals surface area (Å²) in [6, 6.07) is 19.0. The maximum atomic E-state index is 12.5. The number of Topliss-reactive ketones (excluding diaryl/α,β-unsaturated/α-hetero) is 1. The largest absolute Gasteiger partial charge is 0.445 e. The maximum Gasteiger partial charge on any atom is 0.410 e. The standard InChI is InChI=1S/C19H19NO3/c21-17-11-12-20(18(13-17)16-9-5-2-6-10-16)19(22)23-14-15-7-3-1-4-8-15/h1-10,18H,11-14H2/t18-/m1/s1. The first-order chi connectivity index (χ1) is 11.2. The Labute approximate surface area is 135 Å². The molecule has 0 unspecified atom stereocenters. The molecule has 1 aliphatic heterocycles. The van der Waals surface area contributed by atoms with E-state index in [-0.39, 0.29) is 24.5 Å². The van der Waals surface area contributed by atoms with Crippen LogP contribution in [0.1, 0.15) is 30.0 Å². The second-order valence-corrected chi connectivity index (χ2v) is 5.65. The van der Waals surface area contributed by atoms with E-state index in [0.717, 1.165) is 11.1 Å². The van der Waals surface area contributed by atoms with Crippen molar-refractivity contribution < 1.29 is 14.3 Å². The molecule has 0 N–H and O–H groups in total. The summed E-state index contributed by atoms with van der Waals surface area (Å²) in [5.41, 5.74) is 1.92. The van der Waals surface area contributed by atoms with Crippen LogP contribution in [0.25, 0.3) is 0 Å². The van der Waals surface area contributed by atoms with E-state index in [1.807, 2.05) is 60.7 Å². The van der Waals surface area contributed by atoms with Crippen LogP contribution in [0.2, 0.25) is 0 Å². The zero-order valence-electron chi connectivity index (χ0n) is 12.9. The first-order valence-corrected chi connectivity index (χ1v) is 7.78. The lowest BCUT2D eigenvalue weighted by Crippen LogP contribution is -2.41. The van der Waals surface area contributed by atoms with Crippen molar-refractivity contribution in [3.05, 3.63) is 71.8 Å². The summed E-state index contributed by atoms with van der Waals surface area (Å²) in [5, 5.41) is 0. The summed E-state index contributed by atoms with van der Waals surface area (Å²) in [7, 11) is 0. The fourth-order valence-electron chi connectivity index (χ4n) is 2.82. The lowest BCUT2D eigenvalue weighted by atomic mass is 9.95. The number of nitrogens with zero attached hydrogens (tertiary/aromatic N) is 1. The Bertz CT molecular complexity index is 670. The Kier molecular flexibility index (Phi) is 4.71. The summed E-state index contributed by atoms with van der Waals surface area (Å²) < 4.78 is 5.43. The number of amides is 1. The summed E-state index contributed by atoms with van der Waals surface area (Å²) in [4.78, 5) is 25.9. The van der Waals surface area contributed by atoms with E-state index >= 15 is 0 Å². The van der Waals surface area contributed by atoms with Crippen molar-refractivity contribution in [2.45, 2.75) is 25.5 Å². The molecule has 0 bridgehead atoms. The number of ether oxygens (including phenoxy) is 1. The van der Waals surface area contributed by atoms with E-state index in [1.54, 1.807) is 4.90 Å². The number of rotatable bonds is 3. The van der Waals surface area contributed by atoms with Gasteiger partial charge in [-0.15, -0.1) is 0 Å². The molecule has 1 saturated heterocycles. The van der Waals surface area contributed by atoms with Gasteiger partial charge in [-0.05, 0) is 11.1 Å². The Morgan fingerprint density at radius 2 is 1.70 bits per heavy atom. The van der Waals surface area contributed by atoms with Crippen molar-refractivity contribution >= 4 is 11.9 Å². The van der Waals surface area contributed by atoms with Crippen molar-refractivity contribution in [3.8, 4) is 0 Å². The summed E-state index contributed by atoms with van der Waals surface area (Å²) in [6.07, 6.45) is 0.379. The highest BCUT2D eigenvalue weighted by atomic mass is 16.6. The van der Waals surface area contributed by atoms with Gasteiger partial charge in [0.2, 0.25) is 0 Å². The third kappa shape index (κ3) is 3.77. The Morgan fingerprint density at radius 1 is 1.04 bits per heavy atom. The first kappa shape index (κ1) is 15.3. The molecule has 1 fully saturated rings. The predicted octanol–water partition coefficient (Wildman–Crippen LogP) is 3.73. The molecule has 3 rings (SSSR count). The van der Waals surface area contributed by atoms with Gasteiger partial charge in [-0.1, -0.05) is 60.7 Å². The minimum atomic E-state index is -0.366. The SMILES string of the molecule is O=C1CCN(C(=O)OCc2ccccc2)[C@@H](c2ccccc2)C1. The number of piperidine rings is 1. The van der Waals surface area contributed by atoms with Gasteiger partial charge in [0.05, 0.1) is 6.04 Å². The summed E-state index contributed by atoms with van der Waals surface area (Å²) >= 11 is 0. The van der Waals surface area contributed by atoms with Gasteiger partial charge in [0.15, 0.2) is 0 Å². The minimum Gasteiger partial charge on any atom is -0.445 e. The molecule has 1 amide bonds. The predicted molar refractivity (Wildman–Crippen MR) is 86.8 cm³/mol.